The number of nitrogens with one attached hydrogen (secondary N) is 2. The standard InChI is InChI=1S/C18H28N2O/c1-13(9-18(2,3)4)7-17(21)20-10-14-5-6-15-11-19-12-16(15)8-14/h5-6,8,13,19H,7,9-12H2,1-4H3,(H,20,21). The fraction of sp³-hybridized carbons (Fsp3) is 0.611. The Morgan fingerprint density at radius 1 is 1.29 bits per heavy atom. The van der Waals surface area contributed by atoms with Gasteiger partial charge in [0.1, 0.15) is 0 Å². The average Bonchev–Trinajstić information content (AvgIpc) is 2.81. The number of rotatable bonds is 5. The van der Waals surface area contributed by atoms with Crippen molar-refractivity contribution in [2.75, 3.05) is 0 Å². The van der Waals surface area contributed by atoms with Gasteiger partial charge >= 0.3 is 0 Å². The van der Waals surface area contributed by atoms with Gasteiger partial charge in [0.2, 0.25) is 5.91 Å². The molecule has 2 rings (SSSR count). The zero-order valence-corrected chi connectivity index (χ0v) is 13.8. The summed E-state index contributed by atoms with van der Waals surface area (Å²) in [6.45, 7) is 11.4. The van der Waals surface area contributed by atoms with Gasteiger partial charge in [-0.2, -0.15) is 0 Å². The van der Waals surface area contributed by atoms with Gasteiger partial charge in [-0.3, -0.25) is 4.79 Å². The van der Waals surface area contributed by atoms with Crippen molar-refractivity contribution >= 4 is 5.91 Å². The largest absolute Gasteiger partial charge is 0.352 e. The predicted octanol–water partition coefficient (Wildman–Crippen LogP) is 3.37. The van der Waals surface area contributed by atoms with E-state index < -0.39 is 0 Å². The van der Waals surface area contributed by atoms with Crippen LogP contribution in [0.25, 0.3) is 0 Å². The molecule has 3 nitrogen and oxygen atoms in total. The van der Waals surface area contributed by atoms with Crippen LogP contribution in [0.1, 0.15) is 57.2 Å². The Morgan fingerprint density at radius 2 is 2.00 bits per heavy atom. The summed E-state index contributed by atoms with van der Waals surface area (Å²) in [4.78, 5) is 12.0. The average molecular weight is 288 g/mol. The monoisotopic (exact) mass is 288 g/mol. The van der Waals surface area contributed by atoms with Crippen LogP contribution in [-0.4, -0.2) is 5.91 Å². The summed E-state index contributed by atoms with van der Waals surface area (Å²) in [6.07, 6.45) is 1.69. The van der Waals surface area contributed by atoms with Crippen molar-refractivity contribution in [3.63, 3.8) is 0 Å². The third kappa shape index (κ3) is 5.16. The summed E-state index contributed by atoms with van der Waals surface area (Å²) in [6, 6.07) is 6.48. The number of fused-ring (bicyclic) bond motifs is 1. The Balaban J connectivity index is 1.79. The van der Waals surface area contributed by atoms with Crippen molar-refractivity contribution in [2.24, 2.45) is 11.3 Å². The first-order valence-corrected chi connectivity index (χ1v) is 7.91. The number of carbonyl (C=O) groups excluding carboxylic acids is 1. The van der Waals surface area contributed by atoms with E-state index in [0.717, 1.165) is 19.5 Å². The molecule has 0 aromatic heterocycles. The molecule has 1 aromatic carbocycles. The highest BCUT2D eigenvalue weighted by molar-refractivity contribution is 5.76. The Bertz CT molecular complexity index is 502. The van der Waals surface area contributed by atoms with E-state index in [0.29, 0.717) is 18.9 Å². The molecule has 1 aliphatic rings. The number of benzene rings is 1. The summed E-state index contributed by atoms with van der Waals surface area (Å²) in [5.41, 5.74) is 4.22. The number of amides is 1. The maximum absolute atomic E-state index is 12.0. The van der Waals surface area contributed by atoms with E-state index in [2.05, 4.69) is 56.5 Å². The molecule has 0 fully saturated rings. The lowest BCUT2D eigenvalue weighted by Gasteiger charge is -2.22. The maximum Gasteiger partial charge on any atom is 0.220 e. The highest BCUT2D eigenvalue weighted by Gasteiger charge is 2.17. The van der Waals surface area contributed by atoms with E-state index in [1.54, 1.807) is 0 Å². The fourth-order valence-electron chi connectivity index (χ4n) is 3.16. The molecule has 0 spiro atoms. The van der Waals surface area contributed by atoms with Crippen molar-refractivity contribution in [2.45, 2.75) is 60.2 Å². The SMILES string of the molecule is CC(CC(=O)NCc1ccc2c(c1)CNC2)CC(C)(C)C. The van der Waals surface area contributed by atoms with Gasteiger partial charge < -0.3 is 10.6 Å². The first-order valence-electron chi connectivity index (χ1n) is 7.91. The van der Waals surface area contributed by atoms with Crippen LogP contribution >= 0.6 is 0 Å². The molecule has 0 aliphatic carbocycles. The second kappa shape index (κ2) is 6.61. The zero-order chi connectivity index (χ0) is 15.5. The van der Waals surface area contributed by atoms with Gasteiger partial charge in [-0.1, -0.05) is 45.9 Å². The second-order valence-electron chi connectivity index (χ2n) is 7.56. The van der Waals surface area contributed by atoms with Crippen LogP contribution in [0.5, 0.6) is 0 Å². The Hall–Kier alpha value is -1.35. The van der Waals surface area contributed by atoms with Gasteiger partial charge in [-0.15, -0.1) is 0 Å². The van der Waals surface area contributed by atoms with Crippen LogP contribution in [0, 0.1) is 11.3 Å². The third-order valence-corrected chi connectivity index (χ3v) is 3.89. The summed E-state index contributed by atoms with van der Waals surface area (Å²) in [7, 11) is 0. The maximum atomic E-state index is 12.0. The molecule has 1 unspecified atom stereocenters. The molecular weight excluding hydrogens is 260 g/mol. The number of hydrogen-bond acceptors (Lipinski definition) is 2. The lowest BCUT2D eigenvalue weighted by molar-refractivity contribution is -0.122. The highest BCUT2D eigenvalue weighted by Crippen LogP contribution is 2.25. The minimum absolute atomic E-state index is 0.158. The molecule has 1 heterocycles. The van der Waals surface area contributed by atoms with Crippen LogP contribution in [0.4, 0.5) is 0 Å². The topological polar surface area (TPSA) is 41.1 Å². The molecular formula is C18H28N2O. The van der Waals surface area contributed by atoms with Crippen molar-refractivity contribution in [1.29, 1.82) is 0 Å². The van der Waals surface area contributed by atoms with Gasteiger partial charge in [-0.05, 0) is 34.4 Å². The van der Waals surface area contributed by atoms with E-state index in [1.165, 1.54) is 16.7 Å². The minimum Gasteiger partial charge on any atom is -0.352 e. The molecule has 0 saturated carbocycles. The molecule has 21 heavy (non-hydrogen) atoms. The predicted molar refractivity (Wildman–Crippen MR) is 86.7 cm³/mol. The summed E-state index contributed by atoms with van der Waals surface area (Å²) >= 11 is 0. The summed E-state index contributed by atoms with van der Waals surface area (Å²) in [5, 5.41) is 6.39. The lowest BCUT2D eigenvalue weighted by atomic mass is 9.84. The molecule has 1 amide bonds. The molecule has 0 radical (unpaired) electrons. The van der Waals surface area contributed by atoms with Crippen molar-refractivity contribution in [1.82, 2.24) is 10.6 Å². The molecule has 3 heteroatoms. The summed E-state index contributed by atoms with van der Waals surface area (Å²) < 4.78 is 0. The smallest absolute Gasteiger partial charge is 0.220 e. The van der Waals surface area contributed by atoms with E-state index >= 15 is 0 Å². The normalized spacial score (nSPS) is 15.6. The van der Waals surface area contributed by atoms with E-state index in [-0.39, 0.29) is 11.3 Å². The molecule has 0 bridgehead atoms. The lowest BCUT2D eigenvalue weighted by Crippen LogP contribution is -2.25. The molecule has 116 valence electrons. The van der Waals surface area contributed by atoms with Crippen LogP contribution in [-0.2, 0) is 24.4 Å². The Labute approximate surface area is 128 Å². The third-order valence-electron chi connectivity index (χ3n) is 3.89. The molecule has 1 atom stereocenters. The molecule has 0 saturated heterocycles. The molecule has 1 aliphatic heterocycles. The number of hydrogen-bond donors (Lipinski definition) is 2. The van der Waals surface area contributed by atoms with Gasteiger partial charge in [0.25, 0.3) is 0 Å². The van der Waals surface area contributed by atoms with Crippen LogP contribution < -0.4 is 10.6 Å². The quantitative estimate of drug-likeness (QED) is 0.872. The van der Waals surface area contributed by atoms with Crippen molar-refractivity contribution in [3.8, 4) is 0 Å². The van der Waals surface area contributed by atoms with Gasteiger partial charge in [0.15, 0.2) is 0 Å². The Kier molecular flexibility index (Phi) is 5.04. The first-order chi connectivity index (χ1) is 9.83. The summed E-state index contributed by atoms with van der Waals surface area (Å²) in [5.74, 6) is 0.583. The second-order valence-corrected chi connectivity index (χ2v) is 7.56. The van der Waals surface area contributed by atoms with Gasteiger partial charge in [0, 0.05) is 26.1 Å². The molecule has 2 N–H and O–H groups in total. The van der Waals surface area contributed by atoms with Crippen LogP contribution in [0.2, 0.25) is 0 Å². The number of carbonyl (C=O) groups is 1. The van der Waals surface area contributed by atoms with Crippen molar-refractivity contribution in [3.05, 3.63) is 34.9 Å². The molecule has 1 aromatic rings. The Morgan fingerprint density at radius 3 is 2.71 bits per heavy atom. The first kappa shape index (κ1) is 16.0. The van der Waals surface area contributed by atoms with Gasteiger partial charge in [0.05, 0.1) is 0 Å². The van der Waals surface area contributed by atoms with Gasteiger partial charge in [-0.25, -0.2) is 0 Å². The van der Waals surface area contributed by atoms with Crippen molar-refractivity contribution < 1.29 is 4.79 Å². The van der Waals surface area contributed by atoms with E-state index in [4.69, 9.17) is 0 Å². The minimum atomic E-state index is 0.158. The highest BCUT2D eigenvalue weighted by atomic mass is 16.1. The van der Waals surface area contributed by atoms with Crippen LogP contribution in [0.3, 0.4) is 0 Å². The zero-order valence-electron chi connectivity index (χ0n) is 13.8. The fourth-order valence-corrected chi connectivity index (χ4v) is 3.16. The van der Waals surface area contributed by atoms with E-state index in [1.807, 2.05) is 0 Å². The van der Waals surface area contributed by atoms with E-state index in [9.17, 15) is 4.79 Å². The van der Waals surface area contributed by atoms with Crippen LogP contribution in [0.15, 0.2) is 18.2 Å².